The van der Waals surface area contributed by atoms with Crippen molar-refractivity contribution in [3.05, 3.63) is 29.3 Å². The molecule has 0 aliphatic carbocycles. The number of hydrogen-bond acceptors (Lipinski definition) is 3. The van der Waals surface area contributed by atoms with E-state index < -0.39 is 0 Å². The average molecular weight is 249 g/mol. The zero-order valence-electron chi connectivity index (χ0n) is 10.8. The third-order valence-corrected chi connectivity index (χ3v) is 3.26. The lowest BCUT2D eigenvalue weighted by molar-refractivity contribution is -0.0227. The smallest absolute Gasteiger partial charge is 0.257 e. The summed E-state index contributed by atoms with van der Waals surface area (Å²) >= 11 is 0. The summed E-state index contributed by atoms with van der Waals surface area (Å²) in [5.74, 6) is -0.0666. The molecule has 2 rings (SSSR count). The van der Waals surface area contributed by atoms with Crippen LogP contribution < -0.4 is 0 Å². The number of carbonyl (C=O) groups excluding carboxylic acids is 1. The Kier molecular flexibility index (Phi) is 3.87. The van der Waals surface area contributed by atoms with Crippen LogP contribution in [0.5, 0.6) is 5.75 Å². The number of carbonyl (C=O) groups is 1. The largest absolute Gasteiger partial charge is 0.507 e. The number of morpholine rings is 1. The first-order valence-corrected chi connectivity index (χ1v) is 6.32. The van der Waals surface area contributed by atoms with Crippen LogP contribution in [0.2, 0.25) is 0 Å². The van der Waals surface area contributed by atoms with Crippen molar-refractivity contribution in [2.45, 2.75) is 26.4 Å². The second-order valence-corrected chi connectivity index (χ2v) is 4.67. The molecule has 4 nitrogen and oxygen atoms in total. The number of phenolic OH excluding ortho intramolecular Hbond substituents is 1. The molecule has 1 atom stereocenters. The molecule has 1 aliphatic heterocycles. The molecule has 1 aromatic rings. The number of rotatable bonds is 2. The van der Waals surface area contributed by atoms with Gasteiger partial charge in [0.1, 0.15) is 5.75 Å². The summed E-state index contributed by atoms with van der Waals surface area (Å²) in [5, 5.41) is 9.78. The highest BCUT2D eigenvalue weighted by atomic mass is 16.5. The number of nitrogens with zero attached hydrogens (tertiary/aromatic N) is 1. The molecule has 98 valence electrons. The van der Waals surface area contributed by atoms with Gasteiger partial charge in [-0.1, -0.05) is 18.6 Å². The van der Waals surface area contributed by atoms with Crippen molar-refractivity contribution in [1.29, 1.82) is 0 Å². The standard InChI is InChI=1S/C14H19NO3/c1-3-11-9-15(6-7-18-11)14(17)12-8-10(2)4-5-13(12)16/h4-5,8,11,16H,3,6-7,9H2,1-2H3. The Hall–Kier alpha value is -1.55. The molecular formula is C14H19NO3. The summed E-state index contributed by atoms with van der Waals surface area (Å²) in [7, 11) is 0. The Labute approximate surface area is 107 Å². The molecule has 1 heterocycles. The second-order valence-electron chi connectivity index (χ2n) is 4.67. The molecule has 1 fully saturated rings. The summed E-state index contributed by atoms with van der Waals surface area (Å²) in [6.07, 6.45) is 0.999. The monoisotopic (exact) mass is 249 g/mol. The van der Waals surface area contributed by atoms with E-state index in [1.165, 1.54) is 0 Å². The van der Waals surface area contributed by atoms with Crippen LogP contribution in [-0.4, -0.2) is 41.7 Å². The van der Waals surface area contributed by atoms with Crippen LogP contribution in [0.25, 0.3) is 0 Å². The number of ether oxygens (including phenoxy) is 1. The number of aryl methyl sites for hydroxylation is 1. The van der Waals surface area contributed by atoms with E-state index in [2.05, 4.69) is 0 Å². The maximum Gasteiger partial charge on any atom is 0.257 e. The Balaban J connectivity index is 2.17. The molecule has 1 saturated heterocycles. The fourth-order valence-corrected chi connectivity index (χ4v) is 2.14. The molecule has 18 heavy (non-hydrogen) atoms. The Morgan fingerprint density at radius 1 is 1.56 bits per heavy atom. The van der Waals surface area contributed by atoms with Gasteiger partial charge in [-0.25, -0.2) is 0 Å². The Morgan fingerprint density at radius 3 is 3.06 bits per heavy atom. The molecule has 0 radical (unpaired) electrons. The SMILES string of the molecule is CCC1CN(C(=O)c2cc(C)ccc2O)CCO1. The number of phenols is 1. The molecule has 1 N–H and O–H groups in total. The Bertz CT molecular complexity index is 445. The lowest BCUT2D eigenvalue weighted by Crippen LogP contribution is -2.45. The van der Waals surface area contributed by atoms with Gasteiger partial charge in [0, 0.05) is 13.1 Å². The molecule has 0 bridgehead atoms. The summed E-state index contributed by atoms with van der Waals surface area (Å²) in [6.45, 7) is 5.70. The van der Waals surface area contributed by atoms with Gasteiger partial charge < -0.3 is 14.7 Å². The van der Waals surface area contributed by atoms with Crippen molar-refractivity contribution in [3.8, 4) is 5.75 Å². The zero-order valence-corrected chi connectivity index (χ0v) is 10.8. The van der Waals surface area contributed by atoms with Gasteiger partial charge in [-0.05, 0) is 25.5 Å². The Morgan fingerprint density at radius 2 is 2.33 bits per heavy atom. The highest BCUT2D eigenvalue weighted by Crippen LogP contribution is 2.21. The predicted octanol–water partition coefficient (Wildman–Crippen LogP) is 1.95. The van der Waals surface area contributed by atoms with E-state index in [1.54, 1.807) is 23.1 Å². The van der Waals surface area contributed by atoms with Gasteiger partial charge in [-0.2, -0.15) is 0 Å². The van der Waals surface area contributed by atoms with Gasteiger partial charge in [0.2, 0.25) is 0 Å². The molecule has 1 aliphatic rings. The van der Waals surface area contributed by atoms with Crippen LogP contribution >= 0.6 is 0 Å². The third kappa shape index (κ3) is 2.64. The van der Waals surface area contributed by atoms with E-state index in [0.717, 1.165) is 12.0 Å². The van der Waals surface area contributed by atoms with Crippen LogP contribution in [0.15, 0.2) is 18.2 Å². The minimum atomic E-state index is -0.113. The molecule has 1 unspecified atom stereocenters. The van der Waals surface area contributed by atoms with Gasteiger partial charge in [0.15, 0.2) is 0 Å². The first kappa shape index (κ1) is 12.9. The molecule has 0 saturated carbocycles. The highest BCUT2D eigenvalue weighted by Gasteiger charge is 2.25. The quantitative estimate of drug-likeness (QED) is 0.871. The van der Waals surface area contributed by atoms with Gasteiger partial charge in [-0.3, -0.25) is 4.79 Å². The van der Waals surface area contributed by atoms with E-state index >= 15 is 0 Å². The lowest BCUT2D eigenvalue weighted by Gasteiger charge is -2.32. The first-order chi connectivity index (χ1) is 8.61. The van der Waals surface area contributed by atoms with Gasteiger partial charge in [0.25, 0.3) is 5.91 Å². The zero-order chi connectivity index (χ0) is 13.1. The summed E-state index contributed by atoms with van der Waals surface area (Å²) in [4.78, 5) is 14.1. The fraction of sp³-hybridized carbons (Fsp3) is 0.500. The van der Waals surface area contributed by atoms with Crippen LogP contribution in [-0.2, 0) is 4.74 Å². The maximum absolute atomic E-state index is 12.3. The predicted molar refractivity (Wildman–Crippen MR) is 68.8 cm³/mol. The van der Waals surface area contributed by atoms with Gasteiger partial charge in [0.05, 0.1) is 18.3 Å². The van der Waals surface area contributed by atoms with Crippen LogP contribution in [0.1, 0.15) is 29.3 Å². The molecule has 1 aromatic carbocycles. The topological polar surface area (TPSA) is 49.8 Å². The van der Waals surface area contributed by atoms with E-state index in [1.807, 2.05) is 13.8 Å². The third-order valence-electron chi connectivity index (χ3n) is 3.26. The van der Waals surface area contributed by atoms with Crippen molar-refractivity contribution in [1.82, 2.24) is 4.90 Å². The van der Waals surface area contributed by atoms with Crippen LogP contribution in [0.3, 0.4) is 0 Å². The molecule has 1 amide bonds. The van der Waals surface area contributed by atoms with E-state index in [0.29, 0.717) is 25.3 Å². The summed E-state index contributed by atoms with van der Waals surface area (Å²) in [6, 6.07) is 5.09. The minimum Gasteiger partial charge on any atom is -0.507 e. The van der Waals surface area contributed by atoms with Gasteiger partial charge in [-0.15, -0.1) is 0 Å². The minimum absolute atomic E-state index is 0.0464. The van der Waals surface area contributed by atoms with Crippen molar-refractivity contribution >= 4 is 5.91 Å². The van der Waals surface area contributed by atoms with Gasteiger partial charge >= 0.3 is 0 Å². The fourth-order valence-electron chi connectivity index (χ4n) is 2.14. The maximum atomic E-state index is 12.3. The van der Waals surface area contributed by atoms with Crippen molar-refractivity contribution < 1.29 is 14.6 Å². The van der Waals surface area contributed by atoms with Crippen LogP contribution in [0, 0.1) is 6.92 Å². The van der Waals surface area contributed by atoms with Crippen LogP contribution in [0.4, 0.5) is 0 Å². The molecule has 4 heteroatoms. The summed E-state index contributed by atoms with van der Waals surface area (Å²) < 4.78 is 5.54. The normalized spacial score (nSPS) is 19.9. The molecule has 0 spiro atoms. The number of amides is 1. The average Bonchev–Trinajstić information content (AvgIpc) is 2.41. The highest BCUT2D eigenvalue weighted by molar-refractivity contribution is 5.97. The van der Waals surface area contributed by atoms with E-state index in [-0.39, 0.29) is 17.8 Å². The number of hydrogen-bond donors (Lipinski definition) is 1. The number of benzene rings is 1. The van der Waals surface area contributed by atoms with Crippen molar-refractivity contribution in [2.75, 3.05) is 19.7 Å². The lowest BCUT2D eigenvalue weighted by atomic mass is 10.1. The second kappa shape index (κ2) is 5.40. The molecule has 0 aromatic heterocycles. The number of aromatic hydroxyl groups is 1. The van der Waals surface area contributed by atoms with Crippen molar-refractivity contribution in [3.63, 3.8) is 0 Å². The summed E-state index contributed by atoms with van der Waals surface area (Å²) in [5.41, 5.74) is 1.35. The van der Waals surface area contributed by atoms with E-state index in [9.17, 15) is 9.90 Å². The van der Waals surface area contributed by atoms with Crippen molar-refractivity contribution in [2.24, 2.45) is 0 Å². The van der Waals surface area contributed by atoms with E-state index in [4.69, 9.17) is 4.74 Å². The first-order valence-electron chi connectivity index (χ1n) is 6.32. The molecular weight excluding hydrogens is 230 g/mol.